The first-order valence-corrected chi connectivity index (χ1v) is 31.6. The van der Waals surface area contributed by atoms with Crippen LogP contribution in [0.1, 0.15) is 13.8 Å². The van der Waals surface area contributed by atoms with E-state index in [0.717, 1.165) is 0 Å². The van der Waals surface area contributed by atoms with Gasteiger partial charge in [-0.1, -0.05) is 0 Å². The highest BCUT2D eigenvalue weighted by molar-refractivity contribution is 7.81. The molecule has 32 atom stereocenters. The maximum atomic E-state index is 12.1. The van der Waals surface area contributed by atoms with Crippen LogP contribution in [-0.2, 0) is 137 Å². The number of ether oxygens (including phenoxy) is 11. The summed E-state index contributed by atoms with van der Waals surface area (Å²) >= 11 is -6.67. The second-order valence-electron chi connectivity index (χ2n) is 20.2. The third kappa shape index (κ3) is 19.9. The lowest BCUT2D eigenvalue weighted by Gasteiger charge is -2.46. The van der Waals surface area contributed by atoms with Gasteiger partial charge in [-0.05, 0) is 13.8 Å². The van der Waals surface area contributed by atoms with E-state index in [9.17, 15) is 123 Å². The van der Waals surface area contributed by atoms with Crippen molar-refractivity contribution >= 4 is 53.9 Å². The summed E-state index contributed by atoms with van der Waals surface area (Å²) in [5.41, 5.74) is 0. The molecule has 6 fully saturated rings. The van der Waals surface area contributed by atoms with E-state index >= 15 is 0 Å². The lowest BCUT2D eigenvalue weighted by molar-refractivity contribution is -0.374. The van der Waals surface area contributed by atoms with Gasteiger partial charge in [0.15, 0.2) is 43.8 Å². The van der Waals surface area contributed by atoms with Crippen LogP contribution in [0.4, 0.5) is 0 Å². The minimum Gasteiger partial charge on any atom is -0.748 e. The number of hydrogen-bond acceptors (Lipinski definition) is 41. The summed E-state index contributed by atoms with van der Waals surface area (Å²) in [5, 5.41) is 140. The van der Waals surface area contributed by atoms with Crippen LogP contribution in [0.25, 0.3) is 0 Å². The Bertz CT molecular complexity index is 2580. The van der Waals surface area contributed by atoms with Crippen molar-refractivity contribution in [3.05, 3.63) is 0 Å². The van der Waals surface area contributed by atoms with Crippen molar-refractivity contribution in [1.82, 2.24) is 0 Å². The van der Waals surface area contributed by atoms with E-state index in [1.807, 2.05) is 0 Å². The van der Waals surface area contributed by atoms with Gasteiger partial charge in [0.25, 0.3) is 0 Å². The van der Waals surface area contributed by atoms with Crippen LogP contribution in [0.15, 0.2) is 0 Å². The molecule has 6 rings (SSSR count). The molecule has 0 amide bonds. The molecule has 0 aromatic rings. The summed E-state index contributed by atoms with van der Waals surface area (Å²) in [4.78, 5) is 9.58. The SMILES string of the molecule is CC1O[C@@H](OC[C@@H]2C(C)O[C@@H](OC[C@H]3C(O)[C@H](OC[C@H]4C(CO[C@@H]5OC(CO[C@@H]6OC(CO)[C@H](O)[C@@H](OS(=O)(=O)O)C6O)[C@H](O)[C@@H](OS(=O)(=O)O)C5O)O[C@@H](O)C(O)[C@@H]4OS(=O)(=O)O)OC(CO)[C@@H]3O)C(O)[C@H]2OOS(=O)[O-])C(O)[C@@H](OOS(=O)[O-])[C@@H]1O. The molecule has 88 heavy (non-hydrogen) atoms. The van der Waals surface area contributed by atoms with Gasteiger partial charge in [0.1, 0.15) is 120 Å². The Kier molecular flexibility index (Phi) is 27.9. The van der Waals surface area contributed by atoms with Crippen LogP contribution in [0.3, 0.4) is 0 Å². The number of aliphatic hydroxyl groups excluding tert-OH is 13. The summed E-state index contributed by atoms with van der Waals surface area (Å²) in [6, 6.07) is 0. The van der Waals surface area contributed by atoms with E-state index in [1.54, 1.807) is 0 Å². The van der Waals surface area contributed by atoms with Crippen LogP contribution < -0.4 is 0 Å². The lowest BCUT2D eigenvalue weighted by atomic mass is 9.88. The zero-order valence-electron chi connectivity index (χ0n) is 44.9. The Balaban J connectivity index is 1.17. The van der Waals surface area contributed by atoms with Gasteiger partial charge in [0.05, 0.1) is 70.7 Å². The zero-order valence-corrected chi connectivity index (χ0v) is 49.0. The Hall–Kier alpha value is -1.29. The summed E-state index contributed by atoms with van der Waals surface area (Å²) in [5.74, 6) is -4.89. The molecule has 518 valence electrons. The summed E-state index contributed by atoms with van der Waals surface area (Å²) < 4.78 is 227. The average molecular weight is 1400 g/mol. The van der Waals surface area contributed by atoms with E-state index in [1.165, 1.54) is 13.8 Å². The minimum atomic E-state index is -5.64. The van der Waals surface area contributed by atoms with Crippen LogP contribution in [0.2, 0.25) is 0 Å². The third-order valence-electron chi connectivity index (χ3n) is 14.4. The number of rotatable bonds is 29. The van der Waals surface area contributed by atoms with Crippen LogP contribution in [-0.4, -0.2) is 335 Å². The van der Waals surface area contributed by atoms with Gasteiger partial charge in [0, 0.05) is 17.8 Å². The smallest absolute Gasteiger partial charge is 0.397 e. The van der Waals surface area contributed by atoms with Gasteiger partial charge in [0.2, 0.25) is 0 Å². The van der Waals surface area contributed by atoms with Crippen molar-refractivity contribution in [2.75, 3.05) is 46.2 Å². The molecule has 0 aromatic heterocycles. The average Bonchev–Trinajstić information content (AvgIpc) is 3.28. The van der Waals surface area contributed by atoms with Gasteiger partial charge in [-0.15, -0.1) is 8.67 Å². The van der Waals surface area contributed by atoms with Crippen molar-refractivity contribution in [3.63, 3.8) is 0 Å². The van der Waals surface area contributed by atoms with E-state index in [2.05, 4.69) is 26.1 Å². The van der Waals surface area contributed by atoms with Crippen molar-refractivity contribution < 1.29 is 206 Å². The molecule has 0 aromatic carbocycles. The molecule has 0 radical (unpaired) electrons. The molecular weight excluding hydrogens is 1330 g/mol. The molecule has 0 aliphatic carbocycles. The predicted octanol–water partition coefficient (Wildman–Crippen LogP) is -12.3. The fourth-order valence-electron chi connectivity index (χ4n) is 9.96. The molecule has 0 bridgehead atoms. The number of hydrogen-bond donors (Lipinski definition) is 16. The second kappa shape index (κ2) is 32.4. The fraction of sp³-hybridized carbons (Fsp3) is 1.00. The van der Waals surface area contributed by atoms with Gasteiger partial charge in [-0.3, -0.25) is 13.7 Å². The summed E-state index contributed by atoms with van der Waals surface area (Å²) in [6.45, 7) is -4.59. The minimum absolute atomic E-state index is 0.673. The quantitative estimate of drug-likeness (QED) is 0.0143. The fourth-order valence-corrected chi connectivity index (χ4v) is 11.8. The zero-order chi connectivity index (χ0) is 65.7. The van der Waals surface area contributed by atoms with E-state index in [0.29, 0.717) is 0 Å². The number of aliphatic hydroxyl groups is 13. The van der Waals surface area contributed by atoms with Crippen molar-refractivity contribution in [3.8, 4) is 0 Å². The van der Waals surface area contributed by atoms with Crippen molar-refractivity contribution in [1.29, 1.82) is 0 Å². The van der Waals surface area contributed by atoms with Gasteiger partial charge >= 0.3 is 31.2 Å². The lowest BCUT2D eigenvalue weighted by Crippen LogP contribution is -2.63. The Morgan fingerprint density at radius 3 is 1.23 bits per heavy atom. The van der Waals surface area contributed by atoms with Gasteiger partial charge in [-0.25, -0.2) is 30.7 Å². The van der Waals surface area contributed by atoms with Gasteiger partial charge in [-0.2, -0.15) is 25.3 Å². The third-order valence-corrected chi connectivity index (χ3v) is 16.2. The Morgan fingerprint density at radius 1 is 0.375 bits per heavy atom. The van der Waals surface area contributed by atoms with Crippen molar-refractivity contribution in [2.45, 2.75) is 180 Å². The van der Waals surface area contributed by atoms with Crippen LogP contribution in [0.5, 0.6) is 0 Å². The molecule has 6 saturated heterocycles. The van der Waals surface area contributed by atoms with Gasteiger partial charge < -0.3 is 128 Å². The van der Waals surface area contributed by atoms with Crippen molar-refractivity contribution in [2.24, 2.45) is 17.8 Å². The Morgan fingerprint density at radius 2 is 0.739 bits per heavy atom. The second-order valence-corrected chi connectivity index (χ2v) is 24.4. The molecule has 0 spiro atoms. The van der Waals surface area contributed by atoms with Crippen LogP contribution >= 0.6 is 0 Å². The first-order chi connectivity index (χ1) is 40.9. The molecule has 49 heteroatoms. The Labute approximate surface area is 501 Å². The van der Waals surface area contributed by atoms with E-state index in [-0.39, 0.29) is 0 Å². The molecule has 6 heterocycles. The largest absolute Gasteiger partial charge is 0.748 e. The first kappa shape index (κ1) is 75.7. The molecule has 16 N–H and O–H groups in total. The van der Waals surface area contributed by atoms with E-state index < -0.39 is 284 Å². The summed E-state index contributed by atoms with van der Waals surface area (Å²) in [6.07, 6.45) is -55.0. The maximum absolute atomic E-state index is 12.1. The monoisotopic (exact) mass is 1400 g/mol. The molecule has 6 aliphatic heterocycles. The summed E-state index contributed by atoms with van der Waals surface area (Å²) in [7, 11) is -16.7. The molecule has 44 nitrogen and oxygen atoms in total. The maximum Gasteiger partial charge on any atom is 0.397 e. The normalized spacial score (nSPS) is 44.8. The molecule has 14 unspecified atom stereocenters. The topological polar surface area (TPSA) is 673 Å². The highest BCUT2D eigenvalue weighted by atomic mass is 32.3. The standard InChI is InChI=1S/C39H68O44S5/c1-10-12(5-66-37-26(49)31(78-83-85(55)56)19(42)11(2)72-37)29(77-82-84(53)54)25(48)36(71-10)68-7-14-20(43)15(3-40)74-35(21(14)44)67-6-13-17(73-34(52)24(47)30(13)79-86(57,58)59)8-69-39-28(51)33(81-88(63,64)65)23(46)18(76-39)9-70-38-27(50)32(80-87(60,61)62)22(45)16(4-41)75-38/h10-52H,3-9H2,1-2H3,(H,53,54)(H,55,56)(H,57,58,59)(H,60,61,62)(H,63,64,65)/p-2/t10?,11?,12-,13+,14-,15?,16?,17?,18?,19-,20-,21?,22+,23+,24?,25?,26?,27?,28?,29+,30-,31+,32-,33-,34-,35-,36-,37-,38-,39-/m1/s1. The predicted molar refractivity (Wildman–Crippen MR) is 259 cm³/mol. The molecular formula is C39H66O44S5-2. The highest BCUT2D eigenvalue weighted by Gasteiger charge is 2.55. The first-order valence-electron chi connectivity index (χ1n) is 25.5. The molecule has 6 aliphatic rings. The van der Waals surface area contributed by atoms with Crippen LogP contribution in [0, 0.1) is 17.8 Å². The highest BCUT2D eigenvalue weighted by Crippen LogP contribution is 2.37. The van der Waals surface area contributed by atoms with E-state index in [4.69, 9.17) is 57.0 Å². The molecule has 0 saturated carbocycles.